The minimum Gasteiger partial charge on any atom is -0.359 e. The second kappa shape index (κ2) is 9.12. The number of benzene rings is 1. The third-order valence-corrected chi connectivity index (χ3v) is 4.19. The lowest BCUT2D eigenvalue weighted by Gasteiger charge is -2.29. The first-order valence-electron chi connectivity index (χ1n) is 8.80. The van der Waals surface area contributed by atoms with Crippen molar-refractivity contribution in [2.24, 2.45) is 0 Å². The Morgan fingerprint density at radius 1 is 1.19 bits per heavy atom. The molecule has 0 saturated heterocycles. The van der Waals surface area contributed by atoms with E-state index < -0.39 is 5.82 Å². The quantitative estimate of drug-likeness (QED) is 0.782. The lowest BCUT2D eigenvalue weighted by Crippen LogP contribution is -2.39. The monoisotopic (exact) mass is 361 g/mol. The molecule has 0 aliphatic carbocycles. The molecule has 0 aliphatic heterocycles. The summed E-state index contributed by atoms with van der Waals surface area (Å²) in [6.07, 6.45) is 1.53. The number of rotatable bonds is 8. The summed E-state index contributed by atoms with van der Waals surface area (Å²) in [5, 5.41) is 6.42. The van der Waals surface area contributed by atoms with Crippen LogP contribution in [0.2, 0.25) is 0 Å². The maximum Gasteiger partial charge on any atom is 0.273 e. The fourth-order valence-corrected chi connectivity index (χ4v) is 2.77. The summed E-state index contributed by atoms with van der Waals surface area (Å²) in [5.74, 6) is -0.498. The number of hydrogen-bond acceptors (Lipinski definition) is 4. The molecule has 2 amide bonds. The maximum atomic E-state index is 13.1. The summed E-state index contributed by atoms with van der Waals surface area (Å²) in [5.41, 5.74) is 0.586. The van der Waals surface area contributed by atoms with Gasteiger partial charge in [0.05, 0.1) is 6.54 Å². The number of amides is 2. The molecule has 0 aliphatic rings. The number of nitrogens with one attached hydrogen (secondary N) is 1. The first-order chi connectivity index (χ1) is 12.5. The number of carbonyl (C=O) groups excluding carboxylic acids is 2. The van der Waals surface area contributed by atoms with E-state index in [1.54, 1.807) is 4.90 Å². The Morgan fingerprint density at radius 2 is 1.85 bits per heavy atom. The van der Waals surface area contributed by atoms with E-state index in [-0.39, 0.29) is 30.1 Å². The summed E-state index contributed by atoms with van der Waals surface area (Å²) in [6.45, 7) is 6.49. The molecule has 26 heavy (non-hydrogen) atoms. The molecular weight excluding hydrogens is 337 g/mol. The molecule has 2 rings (SSSR count). The zero-order chi connectivity index (χ0) is 19.1. The fraction of sp³-hybridized carbons (Fsp3) is 0.421. The van der Waals surface area contributed by atoms with E-state index in [9.17, 15) is 14.0 Å². The van der Waals surface area contributed by atoms with Gasteiger partial charge in [0.2, 0.25) is 0 Å². The van der Waals surface area contributed by atoms with Crippen LogP contribution in [0.15, 0.2) is 34.9 Å². The van der Waals surface area contributed by atoms with Gasteiger partial charge >= 0.3 is 0 Å². The molecule has 0 unspecified atom stereocenters. The van der Waals surface area contributed by atoms with Crippen molar-refractivity contribution in [3.63, 3.8) is 0 Å². The highest BCUT2D eigenvalue weighted by atomic mass is 19.1. The van der Waals surface area contributed by atoms with Gasteiger partial charge in [0.25, 0.3) is 11.8 Å². The molecule has 0 saturated carbocycles. The number of aromatic nitrogens is 1. The molecule has 2 aromatic rings. The second-order valence-electron chi connectivity index (χ2n) is 5.95. The molecule has 0 radical (unpaired) electrons. The zero-order valence-corrected chi connectivity index (χ0v) is 15.3. The summed E-state index contributed by atoms with van der Waals surface area (Å²) in [4.78, 5) is 26.4. The van der Waals surface area contributed by atoms with Crippen molar-refractivity contribution in [2.45, 2.75) is 46.2 Å². The van der Waals surface area contributed by atoms with Crippen molar-refractivity contribution in [2.75, 3.05) is 6.54 Å². The van der Waals surface area contributed by atoms with Crippen LogP contribution >= 0.6 is 0 Å². The van der Waals surface area contributed by atoms with Gasteiger partial charge in [0, 0.05) is 24.2 Å². The summed E-state index contributed by atoms with van der Waals surface area (Å²) in [7, 11) is 0. The Bertz CT molecular complexity index is 739. The highest BCUT2D eigenvalue weighted by Crippen LogP contribution is 2.18. The van der Waals surface area contributed by atoms with Crippen molar-refractivity contribution in [1.82, 2.24) is 15.4 Å². The maximum absolute atomic E-state index is 13.1. The number of hydrogen-bond donors (Lipinski definition) is 1. The van der Waals surface area contributed by atoms with Gasteiger partial charge in [-0.25, -0.2) is 4.39 Å². The van der Waals surface area contributed by atoms with Crippen molar-refractivity contribution >= 4 is 11.8 Å². The highest BCUT2D eigenvalue weighted by Gasteiger charge is 2.25. The predicted octanol–water partition coefficient (Wildman–Crippen LogP) is 3.39. The van der Waals surface area contributed by atoms with Crippen molar-refractivity contribution in [1.29, 1.82) is 0 Å². The third-order valence-electron chi connectivity index (χ3n) is 4.19. The number of halogens is 1. The van der Waals surface area contributed by atoms with Gasteiger partial charge in [0.1, 0.15) is 5.82 Å². The Kier molecular flexibility index (Phi) is 6.89. The summed E-state index contributed by atoms with van der Waals surface area (Å²) < 4.78 is 18.4. The first-order valence-corrected chi connectivity index (χ1v) is 8.80. The van der Waals surface area contributed by atoms with Gasteiger partial charge in [-0.2, -0.15) is 0 Å². The smallest absolute Gasteiger partial charge is 0.273 e. The largest absolute Gasteiger partial charge is 0.359 e. The normalized spacial score (nSPS) is 10.8. The lowest BCUT2D eigenvalue weighted by atomic mass is 10.1. The molecule has 1 aromatic heterocycles. The molecule has 1 heterocycles. The standard InChI is InChI=1S/C19H24FN3O3/c1-4-15(5-2)23(19(25)13-7-9-14(20)10-8-13)12-16-11-17(22-26-16)18(24)21-6-3/h7-11,15H,4-6,12H2,1-3H3,(H,21,24). The summed E-state index contributed by atoms with van der Waals surface area (Å²) in [6, 6.07) is 6.99. The molecular formula is C19H24FN3O3. The van der Waals surface area contributed by atoms with Gasteiger partial charge in [-0.05, 0) is 44.0 Å². The lowest BCUT2D eigenvalue weighted by molar-refractivity contribution is 0.0627. The van der Waals surface area contributed by atoms with Gasteiger partial charge in [-0.15, -0.1) is 0 Å². The zero-order valence-electron chi connectivity index (χ0n) is 15.3. The average Bonchev–Trinajstić information content (AvgIpc) is 3.11. The SMILES string of the molecule is CCNC(=O)c1cc(CN(C(=O)c2ccc(F)cc2)C(CC)CC)on1. The van der Waals surface area contributed by atoms with Crippen LogP contribution in [0.3, 0.4) is 0 Å². The molecule has 0 atom stereocenters. The molecule has 0 bridgehead atoms. The van der Waals surface area contributed by atoms with E-state index >= 15 is 0 Å². The third kappa shape index (κ3) is 4.68. The van der Waals surface area contributed by atoms with Crippen LogP contribution in [0.1, 0.15) is 60.2 Å². The van der Waals surface area contributed by atoms with Crippen molar-refractivity contribution < 1.29 is 18.5 Å². The second-order valence-corrected chi connectivity index (χ2v) is 5.95. The van der Waals surface area contributed by atoms with Crippen LogP contribution in [-0.2, 0) is 6.54 Å². The topological polar surface area (TPSA) is 75.4 Å². The van der Waals surface area contributed by atoms with Crippen LogP contribution < -0.4 is 5.32 Å². The Labute approximate surface area is 152 Å². The van der Waals surface area contributed by atoms with Gasteiger partial charge < -0.3 is 14.7 Å². The van der Waals surface area contributed by atoms with Gasteiger partial charge in [-0.3, -0.25) is 9.59 Å². The molecule has 0 fully saturated rings. The van der Waals surface area contributed by atoms with Crippen molar-refractivity contribution in [3.8, 4) is 0 Å². The van der Waals surface area contributed by atoms with Crippen LogP contribution in [0.4, 0.5) is 4.39 Å². The Balaban J connectivity index is 2.24. The van der Waals surface area contributed by atoms with Crippen molar-refractivity contribution in [3.05, 3.63) is 53.2 Å². The summed E-state index contributed by atoms with van der Waals surface area (Å²) >= 11 is 0. The van der Waals surface area contributed by atoms with Crippen LogP contribution in [0.25, 0.3) is 0 Å². The molecule has 1 aromatic carbocycles. The van der Waals surface area contributed by atoms with Gasteiger partial charge in [-0.1, -0.05) is 19.0 Å². The van der Waals surface area contributed by atoms with Crippen LogP contribution in [0, 0.1) is 5.82 Å². The molecule has 140 valence electrons. The Morgan fingerprint density at radius 3 is 2.42 bits per heavy atom. The van der Waals surface area contributed by atoms with Gasteiger partial charge in [0.15, 0.2) is 11.5 Å². The van der Waals surface area contributed by atoms with E-state index in [2.05, 4.69) is 10.5 Å². The first kappa shape index (κ1) is 19.6. The fourth-order valence-electron chi connectivity index (χ4n) is 2.77. The molecule has 1 N–H and O–H groups in total. The minimum absolute atomic E-state index is 0.00873. The van der Waals surface area contributed by atoms with E-state index in [0.29, 0.717) is 17.9 Å². The minimum atomic E-state index is -0.391. The average molecular weight is 361 g/mol. The number of nitrogens with zero attached hydrogens (tertiary/aromatic N) is 2. The predicted molar refractivity (Wildman–Crippen MR) is 95.2 cm³/mol. The van der Waals surface area contributed by atoms with E-state index in [1.165, 1.54) is 30.3 Å². The Hall–Kier alpha value is -2.70. The van der Waals surface area contributed by atoms with Crippen LogP contribution in [-0.4, -0.2) is 34.5 Å². The molecule has 6 nitrogen and oxygen atoms in total. The van der Waals surface area contributed by atoms with E-state index in [4.69, 9.17) is 4.52 Å². The van der Waals surface area contributed by atoms with E-state index in [0.717, 1.165) is 12.8 Å². The van der Waals surface area contributed by atoms with E-state index in [1.807, 2.05) is 20.8 Å². The van der Waals surface area contributed by atoms with Crippen LogP contribution in [0.5, 0.6) is 0 Å². The highest BCUT2D eigenvalue weighted by molar-refractivity contribution is 5.94. The number of carbonyl (C=O) groups is 2. The molecule has 0 spiro atoms. The molecule has 7 heteroatoms.